The van der Waals surface area contributed by atoms with Gasteiger partial charge in [-0.2, -0.15) is 0 Å². The Morgan fingerprint density at radius 3 is 2.35 bits per heavy atom. The van der Waals surface area contributed by atoms with E-state index < -0.39 is 6.04 Å². The number of hydrogen-bond donors (Lipinski definition) is 1. The molecule has 0 saturated carbocycles. The van der Waals surface area contributed by atoms with Gasteiger partial charge in [-0.05, 0) is 65.8 Å². The van der Waals surface area contributed by atoms with Crippen molar-refractivity contribution in [2.75, 3.05) is 17.3 Å². The molecular formula is C31H31FN2O3. The molecule has 0 bridgehead atoms. The fourth-order valence-corrected chi connectivity index (χ4v) is 5.39. The van der Waals surface area contributed by atoms with Crippen LogP contribution in [-0.4, -0.2) is 18.8 Å². The average molecular weight is 499 g/mol. The monoisotopic (exact) mass is 498 g/mol. The van der Waals surface area contributed by atoms with E-state index in [1.165, 1.54) is 12.1 Å². The molecule has 0 aromatic heterocycles. The molecule has 1 aliphatic carbocycles. The first kappa shape index (κ1) is 24.8. The van der Waals surface area contributed by atoms with Gasteiger partial charge >= 0.3 is 0 Å². The van der Waals surface area contributed by atoms with Crippen molar-refractivity contribution < 1.29 is 18.7 Å². The molecule has 1 amide bonds. The number of rotatable bonds is 5. The molecule has 2 atom stereocenters. The van der Waals surface area contributed by atoms with Gasteiger partial charge < -0.3 is 10.1 Å². The number of benzene rings is 3. The van der Waals surface area contributed by atoms with Crippen LogP contribution in [-0.2, 0) is 9.59 Å². The number of hydrogen-bond acceptors (Lipinski definition) is 4. The summed E-state index contributed by atoms with van der Waals surface area (Å²) in [5, 5.41) is 3.53. The zero-order valence-electron chi connectivity index (χ0n) is 21.3. The van der Waals surface area contributed by atoms with Crippen molar-refractivity contribution >= 4 is 23.1 Å². The molecule has 0 unspecified atom stereocenters. The van der Waals surface area contributed by atoms with E-state index in [0.29, 0.717) is 36.1 Å². The second-order valence-corrected chi connectivity index (χ2v) is 10.2. The zero-order chi connectivity index (χ0) is 26.1. The van der Waals surface area contributed by atoms with Crippen LogP contribution in [0.2, 0.25) is 0 Å². The number of ketones is 1. The molecule has 3 aromatic carbocycles. The molecule has 1 aliphatic heterocycles. The second-order valence-electron chi connectivity index (χ2n) is 10.2. The number of halogens is 1. The highest BCUT2D eigenvalue weighted by Gasteiger charge is 2.41. The van der Waals surface area contributed by atoms with E-state index in [0.717, 1.165) is 22.7 Å². The average Bonchev–Trinajstić information content (AvgIpc) is 3.03. The number of nitrogens with zero attached hydrogens (tertiary/aromatic N) is 1. The first-order chi connectivity index (χ1) is 17.9. The summed E-state index contributed by atoms with van der Waals surface area (Å²) in [5.74, 6) is 0.447. The van der Waals surface area contributed by atoms with Crippen molar-refractivity contribution in [2.45, 2.75) is 45.1 Å². The highest BCUT2D eigenvalue weighted by atomic mass is 19.1. The number of amides is 1. The van der Waals surface area contributed by atoms with Crippen LogP contribution < -0.4 is 15.0 Å². The van der Waals surface area contributed by atoms with E-state index in [-0.39, 0.29) is 29.3 Å². The fraction of sp³-hybridized carbons (Fsp3) is 0.290. The van der Waals surface area contributed by atoms with Gasteiger partial charge in [0.2, 0.25) is 5.91 Å². The highest BCUT2D eigenvalue weighted by Crippen LogP contribution is 2.47. The van der Waals surface area contributed by atoms with Crippen LogP contribution in [0.25, 0.3) is 0 Å². The molecule has 190 valence electrons. The van der Waals surface area contributed by atoms with Gasteiger partial charge in [0.25, 0.3) is 0 Å². The molecule has 0 fully saturated rings. The van der Waals surface area contributed by atoms with Gasteiger partial charge in [-0.3, -0.25) is 14.5 Å². The topological polar surface area (TPSA) is 58.6 Å². The summed E-state index contributed by atoms with van der Waals surface area (Å²) in [4.78, 5) is 29.5. The molecule has 6 heteroatoms. The normalized spacial score (nSPS) is 19.2. The third-order valence-corrected chi connectivity index (χ3v) is 7.11. The number of para-hydroxylation sites is 2. The van der Waals surface area contributed by atoms with E-state index in [4.69, 9.17) is 4.74 Å². The Balaban J connectivity index is 1.67. The molecule has 5 nitrogen and oxygen atoms in total. The minimum absolute atomic E-state index is 0.0106. The maximum atomic E-state index is 13.9. The largest absolute Gasteiger partial charge is 0.497 e. The molecule has 0 saturated heterocycles. The van der Waals surface area contributed by atoms with Crippen LogP contribution in [0.5, 0.6) is 5.75 Å². The summed E-state index contributed by atoms with van der Waals surface area (Å²) < 4.78 is 19.2. The Kier molecular flexibility index (Phi) is 6.83. The van der Waals surface area contributed by atoms with Crippen LogP contribution in [0, 0.1) is 11.7 Å². The number of methoxy groups -OCH3 is 1. The van der Waals surface area contributed by atoms with Gasteiger partial charge in [-0.25, -0.2) is 4.39 Å². The Morgan fingerprint density at radius 2 is 1.68 bits per heavy atom. The standard InChI is InChI=1S/C31H31FN2O3/c1-19(2)16-29(36)34-27-7-5-4-6-25(27)33-26-17-22(20-10-14-24(37-3)15-11-20)18-28(35)30(26)31(34)21-8-12-23(32)13-9-21/h4-15,19,22,31,33H,16-18H2,1-3H3/t22-,31-/m0/s1. The first-order valence-corrected chi connectivity index (χ1v) is 12.7. The van der Waals surface area contributed by atoms with Crippen molar-refractivity contribution in [3.05, 3.63) is 101 Å². The maximum Gasteiger partial charge on any atom is 0.228 e. The predicted molar refractivity (Wildman–Crippen MR) is 143 cm³/mol. The highest BCUT2D eigenvalue weighted by molar-refractivity contribution is 6.06. The van der Waals surface area contributed by atoms with Gasteiger partial charge in [-0.15, -0.1) is 0 Å². The quantitative estimate of drug-likeness (QED) is 0.421. The maximum absolute atomic E-state index is 13.9. The summed E-state index contributed by atoms with van der Waals surface area (Å²) in [6.07, 6.45) is 1.27. The molecule has 3 aromatic rings. The van der Waals surface area contributed by atoms with Gasteiger partial charge in [0.1, 0.15) is 11.6 Å². The van der Waals surface area contributed by atoms with Gasteiger partial charge in [0.05, 0.1) is 24.5 Å². The van der Waals surface area contributed by atoms with Crippen molar-refractivity contribution in [2.24, 2.45) is 5.92 Å². The molecular weight excluding hydrogens is 467 g/mol. The molecule has 0 spiro atoms. The zero-order valence-corrected chi connectivity index (χ0v) is 21.3. The Morgan fingerprint density at radius 1 is 1.00 bits per heavy atom. The van der Waals surface area contributed by atoms with Crippen molar-refractivity contribution in [3.63, 3.8) is 0 Å². The van der Waals surface area contributed by atoms with Crippen LogP contribution in [0.4, 0.5) is 15.8 Å². The number of Topliss-reactive ketones (excluding diaryl/α,β-unsaturated/α-hetero) is 1. The number of anilines is 2. The Bertz CT molecular complexity index is 1350. The number of nitrogens with one attached hydrogen (secondary N) is 1. The lowest BCUT2D eigenvalue weighted by Gasteiger charge is -2.35. The fourth-order valence-electron chi connectivity index (χ4n) is 5.39. The molecule has 1 heterocycles. The minimum atomic E-state index is -0.651. The Hall–Kier alpha value is -3.93. The summed E-state index contributed by atoms with van der Waals surface area (Å²) in [6.45, 7) is 4.01. The number of fused-ring (bicyclic) bond motifs is 1. The lowest BCUT2D eigenvalue weighted by Crippen LogP contribution is -2.39. The molecule has 0 radical (unpaired) electrons. The summed E-state index contributed by atoms with van der Waals surface area (Å²) in [5.41, 5.74) is 4.64. The molecule has 37 heavy (non-hydrogen) atoms. The third kappa shape index (κ3) is 4.88. The van der Waals surface area contributed by atoms with Crippen LogP contribution >= 0.6 is 0 Å². The van der Waals surface area contributed by atoms with Crippen molar-refractivity contribution in [1.29, 1.82) is 0 Å². The first-order valence-electron chi connectivity index (χ1n) is 12.7. The van der Waals surface area contributed by atoms with Gasteiger partial charge in [0.15, 0.2) is 5.78 Å². The minimum Gasteiger partial charge on any atom is -0.497 e. The molecule has 1 N–H and O–H groups in total. The van der Waals surface area contributed by atoms with Gasteiger partial charge in [0, 0.05) is 24.1 Å². The second kappa shape index (κ2) is 10.2. The van der Waals surface area contributed by atoms with E-state index in [2.05, 4.69) is 5.32 Å². The molecule has 5 rings (SSSR count). The van der Waals surface area contributed by atoms with E-state index in [1.807, 2.05) is 62.4 Å². The van der Waals surface area contributed by atoms with E-state index >= 15 is 0 Å². The van der Waals surface area contributed by atoms with E-state index in [1.54, 1.807) is 24.1 Å². The van der Waals surface area contributed by atoms with E-state index in [9.17, 15) is 14.0 Å². The lowest BCUT2D eigenvalue weighted by molar-refractivity contribution is -0.119. The number of allylic oxidation sites excluding steroid dienone is 1. The van der Waals surface area contributed by atoms with Crippen LogP contribution in [0.1, 0.15) is 56.2 Å². The molecule has 2 aliphatic rings. The summed E-state index contributed by atoms with van der Waals surface area (Å²) in [7, 11) is 1.63. The predicted octanol–water partition coefficient (Wildman–Crippen LogP) is 6.78. The van der Waals surface area contributed by atoms with Crippen LogP contribution in [0.15, 0.2) is 84.1 Å². The Labute approximate surface area is 217 Å². The lowest BCUT2D eigenvalue weighted by atomic mass is 9.78. The SMILES string of the molecule is COc1ccc([C@@H]2CC(=O)C3=C(C2)Nc2ccccc2N(C(=O)CC(C)C)[C@H]3c2ccc(F)cc2)cc1. The van der Waals surface area contributed by atoms with Crippen LogP contribution in [0.3, 0.4) is 0 Å². The van der Waals surface area contributed by atoms with Gasteiger partial charge in [-0.1, -0.05) is 50.2 Å². The third-order valence-electron chi connectivity index (χ3n) is 7.11. The number of ether oxygens (including phenoxy) is 1. The number of carbonyl (C=O) groups excluding carboxylic acids is 2. The number of carbonyl (C=O) groups is 2. The smallest absolute Gasteiger partial charge is 0.228 e. The van der Waals surface area contributed by atoms with Crippen molar-refractivity contribution in [1.82, 2.24) is 0 Å². The van der Waals surface area contributed by atoms with Crippen molar-refractivity contribution in [3.8, 4) is 5.75 Å². The summed E-state index contributed by atoms with van der Waals surface area (Å²) in [6, 6.07) is 21.0. The summed E-state index contributed by atoms with van der Waals surface area (Å²) >= 11 is 0.